The number of H-pyrrole nitrogens is 1. The molecule has 0 amide bonds. The van der Waals surface area contributed by atoms with Gasteiger partial charge in [0.15, 0.2) is 6.23 Å². The van der Waals surface area contributed by atoms with E-state index < -0.39 is 0 Å². The lowest BCUT2D eigenvalue weighted by molar-refractivity contribution is -0.0366. The zero-order valence-electron chi connectivity index (χ0n) is 16.5. The van der Waals surface area contributed by atoms with E-state index in [9.17, 15) is 0 Å². The van der Waals surface area contributed by atoms with Gasteiger partial charge in [-0.1, -0.05) is 7.43 Å². The molecular formula is C22H24Br4N4O. The van der Waals surface area contributed by atoms with E-state index in [-0.39, 0.29) is 13.7 Å². The predicted octanol–water partition coefficient (Wildman–Crippen LogP) is 8.60. The van der Waals surface area contributed by atoms with Crippen LogP contribution in [0.1, 0.15) is 44.0 Å². The molecule has 2 aromatic carbocycles. The van der Waals surface area contributed by atoms with E-state index in [1.165, 1.54) is 17.5 Å². The predicted molar refractivity (Wildman–Crippen MR) is 142 cm³/mol. The lowest BCUT2D eigenvalue weighted by atomic mass is 10.1. The molecule has 2 aromatic heterocycles. The highest BCUT2D eigenvalue weighted by Crippen LogP contribution is 2.36. The Morgan fingerprint density at radius 1 is 0.935 bits per heavy atom. The van der Waals surface area contributed by atoms with Crippen molar-refractivity contribution in [3.8, 4) is 0 Å². The van der Waals surface area contributed by atoms with Gasteiger partial charge in [-0.25, -0.2) is 4.68 Å². The third kappa shape index (κ3) is 4.95. The normalized spacial score (nSPS) is 16.1. The standard InChI is InChI=1S/C13H14Br2N2O.C8H6Br2N2.CH4/c1-8-6-10-9(13(15)12(8)14)7-16-17(10)11-4-2-3-5-18-11;1-4-2-6-5(3-11-12-6)8(10)7(4)9;/h6-7,11H,2-5H2,1H3;2-3H,1H3,(H,11,12);1H4. The molecule has 0 bridgehead atoms. The van der Waals surface area contributed by atoms with E-state index in [1.807, 2.05) is 17.1 Å². The van der Waals surface area contributed by atoms with Gasteiger partial charge >= 0.3 is 0 Å². The first-order chi connectivity index (χ1) is 14.4. The number of rotatable bonds is 1. The highest BCUT2D eigenvalue weighted by molar-refractivity contribution is 9.13. The smallest absolute Gasteiger partial charge is 0.150 e. The molecule has 0 saturated carbocycles. The first-order valence-corrected chi connectivity index (χ1v) is 12.8. The van der Waals surface area contributed by atoms with Crippen LogP contribution in [0.15, 0.2) is 42.4 Å². The third-order valence-electron chi connectivity index (χ3n) is 5.20. The Hall–Kier alpha value is -0.740. The monoisotopic (exact) mass is 676 g/mol. The molecule has 5 rings (SSSR count). The zero-order chi connectivity index (χ0) is 21.4. The topological polar surface area (TPSA) is 55.7 Å². The summed E-state index contributed by atoms with van der Waals surface area (Å²) in [5, 5.41) is 13.6. The largest absolute Gasteiger partial charge is 0.356 e. The molecule has 1 saturated heterocycles. The molecule has 0 radical (unpaired) electrons. The lowest BCUT2D eigenvalue weighted by Crippen LogP contribution is -2.18. The average molecular weight is 680 g/mol. The van der Waals surface area contributed by atoms with Crippen molar-refractivity contribution in [3.63, 3.8) is 0 Å². The Labute approximate surface area is 215 Å². The van der Waals surface area contributed by atoms with Crippen LogP contribution in [0, 0.1) is 13.8 Å². The quantitative estimate of drug-likeness (QED) is 0.219. The van der Waals surface area contributed by atoms with E-state index in [4.69, 9.17) is 4.74 Å². The Morgan fingerprint density at radius 2 is 1.61 bits per heavy atom. The maximum atomic E-state index is 5.81. The molecule has 5 nitrogen and oxygen atoms in total. The third-order valence-corrected chi connectivity index (χ3v) is 9.95. The van der Waals surface area contributed by atoms with E-state index in [0.717, 1.165) is 59.1 Å². The molecule has 0 aliphatic carbocycles. The van der Waals surface area contributed by atoms with Crippen LogP contribution in [0.4, 0.5) is 0 Å². The number of aryl methyl sites for hydroxylation is 2. The Balaban J connectivity index is 0.000000183. The number of ether oxygens (including phenoxy) is 1. The van der Waals surface area contributed by atoms with Crippen molar-refractivity contribution < 1.29 is 4.74 Å². The molecule has 1 unspecified atom stereocenters. The fourth-order valence-electron chi connectivity index (χ4n) is 3.54. The van der Waals surface area contributed by atoms with Gasteiger partial charge < -0.3 is 4.74 Å². The summed E-state index contributed by atoms with van der Waals surface area (Å²) in [6, 6.07) is 4.23. The van der Waals surface area contributed by atoms with Crippen LogP contribution in [0.3, 0.4) is 0 Å². The molecule has 31 heavy (non-hydrogen) atoms. The summed E-state index contributed by atoms with van der Waals surface area (Å²) in [5.41, 5.74) is 4.59. The van der Waals surface area contributed by atoms with Crippen molar-refractivity contribution in [2.45, 2.75) is 46.8 Å². The number of hydrogen-bond donors (Lipinski definition) is 1. The van der Waals surface area contributed by atoms with Gasteiger partial charge in [0, 0.05) is 35.3 Å². The number of aromatic amines is 1. The van der Waals surface area contributed by atoms with Crippen molar-refractivity contribution in [2.75, 3.05) is 6.61 Å². The molecule has 166 valence electrons. The Morgan fingerprint density at radius 3 is 2.29 bits per heavy atom. The first-order valence-electron chi connectivity index (χ1n) is 9.59. The van der Waals surface area contributed by atoms with Gasteiger partial charge in [-0.3, -0.25) is 5.10 Å². The van der Waals surface area contributed by atoms with Crippen molar-refractivity contribution in [1.29, 1.82) is 0 Å². The number of fused-ring (bicyclic) bond motifs is 2. The van der Waals surface area contributed by atoms with Gasteiger partial charge in [0.2, 0.25) is 0 Å². The van der Waals surface area contributed by atoms with Crippen LogP contribution >= 0.6 is 63.7 Å². The summed E-state index contributed by atoms with van der Waals surface area (Å²) in [6.07, 6.45) is 7.21. The van der Waals surface area contributed by atoms with Gasteiger partial charge in [0.05, 0.1) is 23.4 Å². The molecule has 1 aliphatic heterocycles. The molecular weight excluding hydrogens is 656 g/mol. The van der Waals surface area contributed by atoms with E-state index in [1.54, 1.807) is 0 Å². The van der Waals surface area contributed by atoms with Gasteiger partial charge in [0.1, 0.15) is 0 Å². The van der Waals surface area contributed by atoms with Gasteiger partial charge in [0.25, 0.3) is 0 Å². The maximum Gasteiger partial charge on any atom is 0.150 e. The summed E-state index contributed by atoms with van der Waals surface area (Å²) in [7, 11) is 0. The summed E-state index contributed by atoms with van der Waals surface area (Å²) >= 11 is 14.2. The molecule has 0 spiro atoms. The number of aromatic nitrogens is 4. The van der Waals surface area contributed by atoms with Gasteiger partial charge in [-0.2, -0.15) is 10.2 Å². The maximum absolute atomic E-state index is 5.81. The minimum atomic E-state index is 0. The average Bonchev–Trinajstić information content (AvgIpc) is 3.39. The molecule has 1 N–H and O–H groups in total. The number of halogens is 4. The number of nitrogens with one attached hydrogen (secondary N) is 1. The van der Waals surface area contributed by atoms with Crippen LogP contribution < -0.4 is 0 Å². The summed E-state index contributed by atoms with van der Waals surface area (Å²) in [6.45, 7) is 4.98. The Kier molecular flexibility index (Phi) is 8.40. The van der Waals surface area contributed by atoms with Crippen LogP contribution in [0.25, 0.3) is 21.8 Å². The number of nitrogens with zero attached hydrogens (tertiary/aromatic N) is 3. The summed E-state index contributed by atoms with van der Waals surface area (Å²) < 4.78 is 12.1. The van der Waals surface area contributed by atoms with Gasteiger partial charge in [-0.15, -0.1) is 0 Å². The molecule has 4 aromatic rings. The zero-order valence-corrected chi connectivity index (χ0v) is 22.8. The van der Waals surface area contributed by atoms with Crippen molar-refractivity contribution >= 4 is 85.5 Å². The van der Waals surface area contributed by atoms with Crippen LogP contribution in [0.5, 0.6) is 0 Å². The van der Waals surface area contributed by atoms with Crippen molar-refractivity contribution in [1.82, 2.24) is 20.0 Å². The second-order valence-corrected chi connectivity index (χ2v) is 10.5. The second kappa shape index (κ2) is 10.5. The first kappa shape index (κ1) is 24.9. The lowest BCUT2D eigenvalue weighted by Gasteiger charge is -2.23. The second-order valence-electron chi connectivity index (χ2n) is 7.32. The van der Waals surface area contributed by atoms with E-state index in [2.05, 4.69) is 105 Å². The fourth-order valence-corrected chi connectivity index (χ4v) is 5.45. The van der Waals surface area contributed by atoms with Gasteiger partial charge in [-0.05, 0) is 120 Å². The van der Waals surface area contributed by atoms with Crippen molar-refractivity contribution in [3.05, 3.63) is 53.5 Å². The summed E-state index contributed by atoms with van der Waals surface area (Å²) in [5.74, 6) is 0. The number of hydrogen-bond acceptors (Lipinski definition) is 3. The highest BCUT2D eigenvalue weighted by Gasteiger charge is 2.20. The molecule has 9 heteroatoms. The highest BCUT2D eigenvalue weighted by atomic mass is 79.9. The molecule has 1 atom stereocenters. The minimum Gasteiger partial charge on any atom is -0.356 e. The summed E-state index contributed by atoms with van der Waals surface area (Å²) in [4.78, 5) is 0. The molecule has 1 aliphatic rings. The Bertz CT molecular complexity index is 1210. The number of benzene rings is 2. The minimum absolute atomic E-state index is 0. The van der Waals surface area contributed by atoms with E-state index >= 15 is 0 Å². The van der Waals surface area contributed by atoms with E-state index in [0.29, 0.717) is 0 Å². The van der Waals surface area contributed by atoms with Crippen LogP contribution in [0.2, 0.25) is 0 Å². The fraction of sp³-hybridized carbons (Fsp3) is 0.364. The molecule has 3 heterocycles. The molecule has 1 fully saturated rings. The SMILES string of the molecule is C.Cc1cc2[nH]ncc2c(Br)c1Br.Cc1cc2c(cnn2C2CCCCO2)c(Br)c1Br. The van der Waals surface area contributed by atoms with Crippen LogP contribution in [-0.4, -0.2) is 26.6 Å². The van der Waals surface area contributed by atoms with Crippen molar-refractivity contribution in [2.24, 2.45) is 0 Å². The van der Waals surface area contributed by atoms with Crippen LogP contribution in [-0.2, 0) is 4.74 Å².